The molecule has 0 radical (unpaired) electrons. The van der Waals surface area contributed by atoms with Crippen LogP contribution >= 0.6 is 0 Å². The molecule has 0 N–H and O–H groups in total. The van der Waals surface area contributed by atoms with E-state index in [2.05, 4.69) is 0 Å². The van der Waals surface area contributed by atoms with Gasteiger partial charge in [-0.3, -0.25) is 0 Å². The Morgan fingerprint density at radius 3 is 1.84 bits per heavy atom. The number of hydrogen-bond donors (Lipinski definition) is 0. The maximum atomic E-state index is 12.7. The van der Waals surface area contributed by atoms with E-state index < -0.39 is 10.0 Å². The molecule has 1 fully saturated rings. The molecule has 3 heterocycles. The van der Waals surface area contributed by atoms with Gasteiger partial charge in [0, 0.05) is 26.2 Å². The molecule has 2 aliphatic rings. The molecule has 0 bridgehead atoms. The smallest absolute Gasteiger partial charge is 0.246 e. The summed E-state index contributed by atoms with van der Waals surface area (Å²) in [4.78, 5) is 25.0. The van der Waals surface area contributed by atoms with Gasteiger partial charge in [-0.05, 0) is 43.5 Å². The van der Waals surface area contributed by atoms with Crippen molar-refractivity contribution < 1.29 is 8.42 Å². The molecule has 1 aromatic carbocycles. The van der Waals surface area contributed by atoms with Gasteiger partial charge in [0.25, 0.3) is 0 Å². The summed E-state index contributed by atoms with van der Waals surface area (Å²) in [7, 11) is -3.52. The zero-order valence-electron chi connectivity index (χ0n) is 13.8. The molecule has 8 nitrogen and oxygen atoms in total. The first kappa shape index (κ1) is 16.3. The van der Waals surface area contributed by atoms with Crippen molar-refractivity contribution >= 4 is 10.0 Å². The van der Waals surface area contributed by atoms with E-state index in [9.17, 15) is 18.0 Å². The highest BCUT2D eigenvalue weighted by Crippen LogP contribution is 2.21. The fraction of sp³-hybridized carbons (Fsp3) is 0.500. The Labute approximate surface area is 144 Å². The molecule has 4 rings (SSSR count). The SMILES string of the molecule is O=c1n(-c2ccc(S(=O)(=O)N3CCCCC3)cc2)c(=O)n2n1CCC2. The van der Waals surface area contributed by atoms with Gasteiger partial charge in [0.15, 0.2) is 0 Å². The average molecular weight is 364 g/mol. The standard InChI is InChI=1S/C16H20N4O4S/c21-15-18-11-4-12-19(18)16(22)20(15)13-5-7-14(8-6-13)25(23,24)17-9-2-1-3-10-17/h5-8H,1-4,9-12H2. The second-order valence-electron chi connectivity index (χ2n) is 6.46. The predicted octanol–water partition coefficient (Wildman–Crippen LogP) is 0.379. The van der Waals surface area contributed by atoms with Gasteiger partial charge in [0.05, 0.1) is 10.6 Å². The van der Waals surface area contributed by atoms with E-state index in [1.807, 2.05) is 0 Å². The van der Waals surface area contributed by atoms with E-state index in [1.54, 1.807) is 0 Å². The summed E-state index contributed by atoms with van der Waals surface area (Å²) in [6, 6.07) is 5.99. The molecule has 0 unspecified atom stereocenters. The lowest BCUT2D eigenvalue weighted by molar-refractivity contribution is 0.346. The molecule has 0 spiro atoms. The summed E-state index contributed by atoms with van der Waals surface area (Å²) in [5.41, 5.74) is -0.370. The lowest BCUT2D eigenvalue weighted by Gasteiger charge is -2.25. The van der Waals surface area contributed by atoms with E-state index in [0.29, 0.717) is 31.9 Å². The Balaban J connectivity index is 1.70. The van der Waals surface area contributed by atoms with Crippen LogP contribution in [0.3, 0.4) is 0 Å². The van der Waals surface area contributed by atoms with Crippen LogP contribution in [0, 0.1) is 0 Å². The van der Waals surface area contributed by atoms with Gasteiger partial charge in [0.2, 0.25) is 10.0 Å². The van der Waals surface area contributed by atoms with Crippen molar-refractivity contribution in [1.82, 2.24) is 18.2 Å². The van der Waals surface area contributed by atoms with Crippen LogP contribution in [0.5, 0.6) is 0 Å². The number of aromatic nitrogens is 3. The van der Waals surface area contributed by atoms with Crippen molar-refractivity contribution in [3.63, 3.8) is 0 Å². The first-order chi connectivity index (χ1) is 12.0. The molecule has 0 aliphatic carbocycles. The molecule has 2 aliphatic heterocycles. The quantitative estimate of drug-likeness (QED) is 0.788. The van der Waals surface area contributed by atoms with Crippen LogP contribution in [0.1, 0.15) is 25.7 Å². The number of fused-ring (bicyclic) bond motifs is 1. The second-order valence-corrected chi connectivity index (χ2v) is 8.40. The van der Waals surface area contributed by atoms with Gasteiger partial charge in [-0.2, -0.15) is 4.31 Å². The molecule has 0 amide bonds. The number of rotatable bonds is 3. The highest BCUT2D eigenvalue weighted by Gasteiger charge is 2.26. The van der Waals surface area contributed by atoms with Gasteiger partial charge < -0.3 is 0 Å². The monoisotopic (exact) mass is 364 g/mol. The van der Waals surface area contributed by atoms with Crippen LogP contribution in [0.2, 0.25) is 0 Å². The summed E-state index contributed by atoms with van der Waals surface area (Å²) in [6.07, 6.45) is 3.58. The largest absolute Gasteiger partial charge is 0.351 e. The highest BCUT2D eigenvalue weighted by atomic mass is 32.2. The van der Waals surface area contributed by atoms with Crippen molar-refractivity contribution in [1.29, 1.82) is 0 Å². The molecule has 0 atom stereocenters. The van der Waals surface area contributed by atoms with Crippen LogP contribution in [0.15, 0.2) is 38.8 Å². The number of benzene rings is 1. The van der Waals surface area contributed by atoms with Crippen LogP contribution in [-0.4, -0.2) is 39.7 Å². The third kappa shape index (κ3) is 2.58. The maximum absolute atomic E-state index is 12.7. The third-order valence-electron chi connectivity index (χ3n) is 4.90. The molecular weight excluding hydrogens is 344 g/mol. The molecule has 2 aromatic rings. The van der Waals surface area contributed by atoms with Gasteiger partial charge in [-0.1, -0.05) is 6.42 Å². The molecule has 0 saturated carbocycles. The summed E-state index contributed by atoms with van der Waals surface area (Å²) in [6.45, 7) is 2.14. The molecule has 1 aromatic heterocycles. The van der Waals surface area contributed by atoms with Crippen molar-refractivity contribution in [3.8, 4) is 5.69 Å². The van der Waals surface area contributed by atoms with Crippen molar-refractivity contribution in [2.24, 2.45) is 0 Å². The Morgan fingerprint density at radius 2 is 1.28 bits per heavy atom. The Morgan fingerprint density at radius 1 is 0.720 bits per heavy atom. The maximum Gasteiger partial charge on any atom is 0.351 e. The molecule has 1 saturated heterocycles. The minimum Gasteiger partial charge on any atom is -0.246 e. The Kier molecular flexibility index (Phi) is 3.92. The van der Waals surface area contributed by atoms with Crippen LogP contribution < -0.4 is 11.4 Å². The van der Waals surface area contributed by atoms with Gasteiger partial charge in [-0.15, -0.1) is 0 Å². The average Bonchev–Trinajstić information content (AvgIpc) is 3.20. The van der Waals surface area contributed by atoms with Gasteiger partial charge in [0.1, 0.15) is 0 Å². The van der Waals surface area contributed by atoms with Crippen LogP contribution in [0.25, 0.3) is 5.69 Å². The summed E-state index contributed by atoms with van der Waals surface area (Å²) in [5.74, 6) is 0. The van der Waals surface area contributed by atoms with Crippen LogP contribution in [-0.2, 0) is 23.1 Å². The third-order valence-corrected chi connectivity index (χ3v) is 6.82. The van der Waals surface area contributed by atoms with Crippen molar-refractivity contribution in [2.45, 2.75) is 43.7 Å². The summed E-state index contributed by atoms with van der Waals surface area (Å²) < 4.78 is 30.8. The van der Waals surface area contributed by atoms with E-state index in [4.69, 9.17) is 0 Å². The fourth-order valence-electron chi connectivity index (χ4n) is 3.56. The fourth-order valence-corrected chi connectivity index (χ4v) is 5.08. The number of piperidine rings is 1. The number of sulfonamides is 1. The van der Waals surface area contributed by atoms with Crippen molar-refractivity contribution in [3.05, 3.63) is 45.2 Å². The van der Waals surface area contributed by atoms with E-state index in [0.717, 1.165) is 30.3 Å². The molecule has 25 heavy (non-hydrogen) atoms. The lowest BCUT2D eigenvalue weighted by Crippen LogP contribution is -2.35. The van der Waals surface area contributed by atoms with Crippen molar-refractivity contribution in [2.75, 3.05) is 13.1 Å². The van der Waals surface area contributed by atoms with E-state index >= 15 is 0 Å². The summed E-state index contributed by atoms with van der Waals surface area (Å²) in [5, 5.41) is 0. The predicted molar refractivity (Wildman–Crippen MR) is 91.5 cm³/mol. The number of hydrogen-bond acceptors (Lipinski definition) is 4. The van der Waals surface area contributed by atoms with Gasteiger partial charge in [-0.25, -0.2) is 31.9 Å². The van der Waals surface area contributed by atoms with Crippen LogP contribution in [0.4, 0.5) is 0 Å². The first-order valence-electron chi connectivity index (χ1n) is 8.53. The Hall–Kier alpha value is -2.13. The highest BCUT2D eigenvalue weighted by molar-refractivity contribution is 7.89. The molecular formula is C16H20N4O4S. The Bertz CT molecular complexity index is 972. The van der Waals surface area contributed by atoms with Gasteiger partial charge >= 0.3 is 11.4 Å². The topological polar surface area (TPSA) is 86.3 Å². The zero-order chi connectivity index (χ0) is 17.6. The molecule has 9 heteroatoms. The zero-order valence-corrected chi connectivity index (χ0v) is 14.6. The second kappa shape index (κ2) is 5.99. The normalized spacial score (nSPS) is 18.4. The minimum absolute atomic E-state index is 0.193. The lowest BCUT2D eigenvalue weighted by atomic mass is 10.2. The van der Waals surface area contributed by atoms with E-state index in [-0.39, 0.29) is 16.3 Å². The number of nitrogens with zero attached hydrogens (tertiary/aromatic N) is 4. The minimum atomic E-state index is -3.52. The summed E-state index contributed by atoms with van der Waals surface area (Å²) >= 11 is 0. The van der Waals surface area contributed by atoms with E-state index in [1.165, 1.54) is 37.9 Å². The molecule has 134 valence electrons. The first-order valence-corrected chi connectivity index (χ1v) is 9.97.